The van der Waals surface area contributed by atoms with Crippen LogP contribution in [0.25, 0.3) is 0 Å². The second-order valence-electron chi connectivity index (χ2n) is 5.13. The zero-order chi connectivity index (χ0) is 13.6. The highest BCUT2D eigenvalue weighted by atomic mass is 32.2. The van der Waals surface area contributed by atoms with Crippen LogP contribution in [0.3, 0.4) is 0 Å². The van der Waals surface area contributed by atoms with E-state index in [9.17, 15) is 13.5 Å². The summed E-state index contributed by atoms with van der Waals surface area (Å²) >= 11 is 0. The van der Waals surface area contributed by atoms with E-state index in [1.54, 1.807) is 19.1 Å². The summed E-state index contributed by atoms with van der Waals surface area (Å²) in [7, 11) is -3.61. The van der Waals surface area contributed by atoms with Crippen LogP contribution in [0.1, 0.15) is 18.9 Å². The van der Waals surface area contributed by atoms with Gasteiger partial charge in [-0.15, -0.1) is 0 Å². The van der Waals surface area contributed by atoms with Crippen molar-refractivity contribution < 1.29 is 13.5 Å². The summed E-state index contributed by atoms with van der Waals surface area (Å²) in [5.41, 5.74) is 5.99. The lowest BCUT2D eigenvalue weighted by Gasteiger charge is -2.19. The fraction of sp³-hybridized carbons (Fsp3) is 0.500. The lowest BCUT2D eigenvalue weighted by molar-refractivity contribution is 0.0762. The fourth-order valence-corrected chi connectivity index (χ4v) is 3.81. The standard InChI is InChI=1S/C12H18N2O3S/c1-9-3-4-11(10(13)7-9)18(16,17)14-6-5-12(2,15)8-14/h3-4,7,15H,5-6,8,13H2,1-2H3. The minimum Gasteiger partial charge on any atom is -0.398 e. The highest BCUT2D eigenvalue weighted by molar-refractivity contribution is 7.89. The van der Waals surface area contributed by atoms with Gasteiger partial charge in [0.25, 0.3) is 0 Å². The molecule has 2 rings (SSSR count). The van der Waals surface area contributed by atoms with Crippen molar-refractivity contribution in [2.24, 2.45) is 0 Å². The molecule has 1 aromatic rings. The third-order valence-corrected chi connectivity index (χ3v) is 5.12. The van der Waals surface area contributed by atoms with Gasteiger partial charge in [-0.2, -0.15) is 4.31 Å². The van der Waals surface area contributed by atoms with Crippen LogP contribution in [-0.4, -0.2) is 36.5 Å². The van der Waals surface area contributed by atoms with Crippen molar-refractivity contribution in [1.29, 1.82) is 0 Å². The van der Waals surface area contributed by atoms with Crippen LogP contribution < -0.4 is 5.73 Å². The number of nitrogens with zero attached hydrogens (tertiary/aromatic N) is 1. The minimum absolute atomic E-state index is 0.114. The van der Waals surface area contributed by atoms with Gasteiger partial charge in [0, 0.05) is 13.1 Å². The number of nitrogens with two attached hydrogens (primary N) is 1. The van der Waals surface area contributed by atoms with Crippen molar-refractivity contribution in [1.82, 2.24) is 4.31 Å². The molecular weight excluding hydrogens is 252 g/mol. The van der Waals surface area contributed by atoms with Crippen molar-refractivity contribution >= 4 is 15.7 Å². The van der Waals surface area contributed by atoms with Gasteiger partial charge in [-0.05, 0) is 38.0 Å². The molecule has 18 heavy (non-hydrogen) atoms. The van der Waals surface area contributed by atoms with E-state index in [0.29, 0.717) is 13.0 Å². The maximum atomic E-state index is 12.4. The molecule has 0 spiro atoms. The van der Waals surface area contributed by atoms with Crippen molar-refractivity contribution in [3.05, 3.63) is 23.8 Å². The lowest BCUT2D eigenvalue weighted by atomic mass is 10.1. The Hall–Kier alpha value is -1.11. The second-order valence-corrected chi connectivity index (χ2v) is 7.03. The van der Waals surface area contributed by atoms with Crippen LogP contribution in [0.5, 0.6) is 0 Å². The Kier molecular flexibility index (Phi) is 3.12. The lowest BCUT2D eigenvalue weighted by Crippen LogP contribution is -2.34. The van der Waals surface area contributed by atoms with Crippen LogP contribution in [0.4, 0.5) is 5.69 Å². The van der Waals surface area contributed by atoms with Crippen LogP contribution in [0, 0.1) is 6.92 Å². The topological polar surface area (TPSA) is 83.6 Å². The molecule has 0 radical (unpaired) electrons. The van der Waals surface area contributed by atoms with Crippen molar-refractivity contribution in [3.8, 4) is 0 Å². The molecule has 1 heterocycles. The van der Waals surface area contributed by atoms with Crippen molar-refractivity contribution in [2.75, 3.05) is 18.8 Å². The van der Waals surface area contributed by atoms with Crippen LogP contribution in [0.15, 0.2) is 23.1 Å². The average Bonchev–Trinajstić information content (AvgIpc) is 2.58. The summed E-state index contributed by atoms with van der Waals surface area (Å²) in [4.78, 5) is 0.116. The van der Waals surface area contributed by atoms with Gasteiger partial charge in [0.1, 0.15) is 4.90 Å². The molecule has 1 atom stereocenters. The van der Waals surface area contributed by atoms with E-state index in [2.05, 4.69) is 0 Å². The van der Waals surface area contributed by atoms with Gasteiger partial charge in [0.05, 0.1) is 11.3 Å². The number of benzene rings is 1. The Morgan fingerprint density at radius 1 is 1.44 bits per heavy atom. The molecular formula is C12H18N2O3S. The molecule has 0 aromatic heterocycles. The van der Waals surface area contributed by atoms with Crippen LogP contribution in [0.2, 0.25) is 0 Å². The smallest absolute Gasteiger partial charge is 0.245 e. The number of hydrogen-bond donors (Lipinski definition) is 2. The number of aliphatic hydroxyl groups is 1. The van der Waals surface area contributed by atoms with Crippen LogP contribution >= 0.6 is 0 Å². The number of β-amino-alcohol motifs (C(OH)–C–C–N with tert-alkyl or cyclic N) is 1. The number of hydrogen-bond acceptors (Lipinski definition) is 4. The molecule has 1 aliphatic heterocycles. The molecule has 1 aliphatic rings. The maximum Gasteiger partial charge on any atom is 0.245 e. The number of nitrogen functional groups attached to an aromatic ring is 1. The van der Waals surface area contributed by atoms with Gasteiger partial charge in [-0.3, -0.25) is 0 Å². The highest BCUT2D eigenvalue weighted by Gasteiger charge is 2.39. The Bertz CT molecular complexity index is 567. The zero-order valence-electron chi connectivity index (χ0n) is 10.5. The third kappa shape index (κ3) is 2.36. The number of anilines is 1. The van der Waals surface area contributed by atoms with E-state index >= 15 is 0 Å². The van der Waals surface area contributed by atoms with E-state index in [1.807, 2.05) is 6.92 Å². The maximum absolute atomic E-state index is 12.4. The summed E-state index contributed by atoms with van der Waals surface area (Å²) in [5, 5.41) is 9.85. The quantitative estimate of drug-likeness (QED) is 0.776. The number of sulfonamides is 1. The summed E-state index contributed by atoms with van der Waals surface area (Å²) in [6.07, 6.45) is 0.442. The number of rotatable bonds is 2. The average molecular weight is 270 g/mol. The van der Waals surface area contributed by atoms with E-state index in [1.165, 1.54) is 10.4 Å². The molecule has 0 bridgehead atoms. The van der Waals surface area contributed by atoms with Gasteiger partial charge >= 0.3 is 0 Å². The Morgan fingerprint density at radius 3 is 2.61 bits per heavy atom. The Morgan fingerprint density at radius 2 is 2.11 bits per heavy atom. The van der Waals surface area contributed by atoms with Gasteiger partial charge < -0.3 is 10.8 Å². The van der Waals surface area contributed by atoms with Gasteiger partial charge in [0.2, 0.25) is 10.0 Å². The molecule has 6 heteroatoms. The first kappa shape index (κ1) is 13.3. The molecule has 100 valence electrons. The normalized spacial score (nSPS) is 25.5. The molecule has 3 N–H and O–H groups in total. The van der Waals surface area contributed by atoms with Crippen LogP contribution in [-0.2, 0) is 10.0 Å². The van der Waals surface area contributed by atoms with E-state index < -0.39 is 15.6 Å². The summed E-state index contributed by atoms with van der Waals surface area (Å²) in [6, 6.07) is 4.88. The molecule has 0 saturated carbocycles. The van der Waals surface area contributed by atoms with E-state index in [-0.39, 0.29) is 17.1 Å². The zero-order valence-corrected chi connectivity index (χ0v) is 11.4. The summed E-state index contributed by atoms with van der Waals surface area (Å²) in [6.45, 7) is 3.93. The molecule has 0 aliphatic carbocycles. The SMILES string of the molecule is Cc1ccc(S(=O)(=O)N2CCC(C)(O)C2)c(N)c1. The first-order chi connectivity index (χ1) is 8.22. The monoisotopic (exact) mass is 270 g/mol. The summed E-state index contributed by atoms with van der Waals surface area (Å²) in [5.74, 6) is 0. The first-order valence-corrected chi connectivity index (χ1v) is 7.25. The third-order valence-electron chi connectivity index (χ3n) is 3.20. The molecule has 0 amide bonds. The second kappa shape index (κ2) is 4.22. The molecule has 5 nitrogen and oxygen atoms in total. The predicted octanol–water partition coefficient (Wildman–Crippen LogP) is 0.723. The molecule has 1 saturated heterocycles. The van der Waals surface area contributed by atoms with E-state index in [0.717, 1.165) is 5.56 Å². The van der Waals surface area contributed by atoms with Crippen molar-refractivity contribution in [2.45, 2.75) is 30.8 Å². The minimum atomic E-state index is -3.61. The molecule has 1 unspecified atom stereocenters. The molecule has 1 fully saturated rings. The first-order valence-electron chi connectivity index (χ1n) is 5.81. The fourth-order valence-electron chi connectivity index (χ4n) is 2.15. The Labute approximate surface area is 107 Å². The summed E-state index contributed by atoms with van der Waals surface area (Å²) < 4.78 is 26.1. The molecule has 1 aromatic carbocycles. The van der Waals surface area contributed by atoms with Crippen molar-refractivity contribution in [3.63, 3.8) is 0 Å². The van der Waals surface area contributed by atoms with Gasteiger partial charge in [-0.1, -0.05) is 6.07 Å². The Balaban J connectivity index is 2.38. The van der Waals surface area contributed by atoms with Gasteiger partial charge in [0.15, 0.2) is 0 Å². The number of aryl methyl sites for hydroxylation is 1. The van der Waals surface area contributed by atoms with Gasteiger partial charge in [-0.25, -0.2) is 8.42 Å². The highest BCUT2D eigenvalue weighted by Crippen LogP contribution is 2.29. The van der Waals surface area contributed by atoms with E-state index in [4.69, 9.17) is 5.73 Å². The predicted molar refractivity (Wildman–Crippen MR) is 69.6 cm³/mol. The largest absolute Gasteiger partial charge is 0.398 e.